The molecule has 1 aromatic heterocycles. The van der Waals surface area contributed by atoms with Crippen molar-refractivity contribution >= 4 is 5.91 Å². The molecule has 1 heterocycles. The van der Waals surface area contributed by atoms with Gasteiger partial charge in [0.05, 0.1) is 17.8 Å². The Kier molecular flexibility index (Phi) is 5.45. The molecule has 0 saturated heterocycles. The predicted octanol–water partition coefficient (Wildman–Crippen LogP) is 2.66. The van der Waals surface area contributed by atoms with E-state index in [2.05, 4.69) is 10.4 Å². The van der Waals surface area contributed by atoms with Crippen LogP contribution in [0.4, 0.5) is 13.2 Å². The van der Waals surface area contributed by atoms with Gasteiger partial charge >= 0.3 is 11.9 Å². The van der Waals surface area contributed by atoms with E-state index in [-0.39, 0.29) is 11.6 Å². The molecule has 4 rings (SSSR count). The van der Waals surface area contributed by atoms with E-state index < -0.39 is 41.1 Å². The zero-order chi connectivity index (χ0) is 23.0. The Hall–Kier alpha value is -3.69. The van der Waals surface area contributed by atoms with E-state index in [0.29, 0.717) is 5.69 Å². The van der Waals surface area contributed by atoms with Gasteiger partial charge in [0.2, 0.25) is 5.69 Å². The number of aryl methyl sites for hydroxylation is 1. The highest BCUT2D eigenvalue weighted by atomic mass is 19.4. The topological polar surface area (TPSA) is 86.0 Å². The van der Waals surface area contributed by atoms with Gasteiger partial charge in [-0.1, -0.05) is 29.8 Å². The van der Waals surface area contributed by atoms with Crippen molar-refractivity contribution in [3.05, 3.63) is 91.8 Å². The minimum atomic E-state index is -4.57. The number of rotatable bonds is 5. The lowest BCUT2D eigenvalue weighted by molar-refractivity contribution is -0.137. The Morgan fingerprint density at radius 3 is 2.44 bits per heavy atom. The van der Waals surface area contributed by atoms with Crippen LogP contribution in [0.15, 0.2) is 58.1 Å². The standard InChI is InChI=1S/C22H19F3N4O3/c1-13-5-9-17(10-6-13)29-21(32)28(12-14-3-2-4-15(11-14)22(23,24)25)20(31)18(27-29)19(30)26-16-7-8-16/h2-6,9-11,16H,7-8,12H2,1H3,(H,26,30). The van der Waals surface area contributed by atoms with Gasteiger partial charge in [0.15, 0.2) is 0 Å². The third-order valence-corrected chi connectivity index (χ3v) is 5.06. The maximum absolute atomic E-state index is 13.1. The summed E-state index contributed by atoms with van der Waals surface area (Å²) in [6.45, 7) is 1.41. The highest BCUT2D eigenvalue weighted by Crippen LogP contribution is 2.29. The normalized spacial score (nSPS) is 13.8. The van der Waals surface area contributed by atoms with Gasteiger partial charge in [0, 0.05) is 6.04 Å². The second-order valence-electron chi connectivity index (χ2n) is 7.72. The highest BCUT2D eigenvalue weighted by molar-refractivity contribution is 5.92. The first-order chi connectivity index (χ1) is 15.1. The fraction of sp³-hybridized carbons (Fsp3) is 0.273. The monoisotopic (exact) mass is 444 g/mol. The van der Waals surface area contributed by atoms with Gasteiger partial charge in [0.25, 0.3) is 11.5 Å². The van der Waals surface area contributed by atoms with Crippen LogP contribution in [0, 0.1) is 6.92 Å². The number of carbonyl (C=O) groups is 1. The highest BCUT2D eigenvalue weighted by Gasteiger charge is 2.31. The maximum atomic E-state index is 13.1. The number of hydrogen-bond donors (Lipinski definition) is 1. The smallest absolute Gasteiger partial charge is 0.348 e. The Balaban J connectivity index is 1.84. The third kappa shape index (κ3) is 4.48. The van der Waals surface area contributed by atoms with Crippen LogP contribution in [0.5, 0.6) is 0 Å². The molecular formula is C22H19F3N4O3. The maximum Gasteiger partial charge on any atom is 0.416 e. The molecule has 0 unspecified atom stereocenters. The molecule has 0 atom stereocenters. The summed E-state index contributed by atoms with van der Waals surface area (Å²) in [7, 11) is 0. The molecule has 0 bridgehead atoms. The lowest BCUT2D eigenvalue weighted by Crippen LogP contribution is -2.46. The van der Waals surface area contributed by atoms with Crippen LogP contribution in [0.25, 0.3) is 5.69 Å². The number of nitrogens with one attached hydrogen (secondary N) is 1. The van der Waals surface area contributed by atoms with Crippen molar-refractivity contribution in [2.24, 2.45) is 0 Å². The van der Waals surface area contributed by atoms with Gasteiger partial charge in [-0.2, -0.15) is 23.0 Å². The molecule has 7 nitrogen and oxygen atoms in total. The van der Waals surface area contributed by atoms with Crippen molar-refractivity contribution in [2.75, 3.05) is 0 Å². The van der Waals surface area contributed by atoms with Gasteiger partial charge in [-0.05, 0) is 49.6 Å². The summed E-state index contributed by atoms with van der Waals surface area (Å²) in [6, 6.07) is 11.0. The van der Waals surface area contributed by atoms with E-state index in [1.807, 2.05) is 6.92 Å². The molecule has 1 fully saturated rings. The second-order valence-corrected chi connectivity index (χ2v) is 7.72. The van der Waals surface area contributed by atoms with Gasteiger partial charge < -0.3 is 5.32 Å². The zero-order valence-corrected chi connectivity index (χ0v) is 17.0. The first kappa shape index (κ1) is 21.5. The number of alkyl halides is 3. The fourth-order valence-electron chi connectivity index (χ4n) is 3.16. The number of amides is 1. The average molecular weight is 444 g/mol. The van der Waals surface area contributed by atoms with Crippen LogP contribution in [-0.2, 0) is 12.7 Å². The van der Waals surface area contributed by atoms with Crippen molar-refractivity contribution in [2.45, 2.75) is 38.5 Å². The molecule has 166 valence electrons. The van der Waals surface area contributed by atoms with Crippen LogP contribution in [0.1, 0.15) is 40.0 Å². The molecule has 0 aliphatic heterocycles. The molecular weight excluding hydrogens is 425 g/mol. The molecule has 1 saturated carbocycles. The molecule has 3 aromatic rings. The van der Waals surface area contributed by atoms with Crippen LogP contribution < -0.4 is 16.6 Å². The Bertz CT molecular complexity index is 1290. The van der Waals surface area contributed by atoms with Crippen LogP contribution >= 0.6 is 0 Å². The number of hydrogen-bond acceptors (Lipinski definition) is 4. The number of nitrogens with zero attached hydrogens (tertiary/aromatic N) is 3. The summed E-state index contributed by atoms with van der Waals surface area (Å²) >= 11 is 0. The van der Waals surface area contributed by atoms with E-state index in [9.17, 15) is 27.6 Å². The summed E-state index contributed by atoms with van der Waals surface area (Å²) in [5, 5.41) is 6.65. The predicted molar refractivity (Wildman–Crippen MR) is 110 cm³/mol. The Morgan fingerprint density at radius 1 is 1.12 bits per heavy atom. The molecule has 1 N–H and O–H groups in total. The Labute approximate surface area is 180 Å². The first-order valence-electron chi connectivity index (χ1n) is 9.92. The zero-order valence-electron chi connectivity index (χ0n) is 17.0. The van der Waals surface area contributed by atoms with Crippen LogP contribution in [0.2, 0.25) is 0 Å². The van der Waals surface area contributed by atoms with Crippen molar-refractivity contribution in [3.8, 4) is 5.69 Å². The molecule has 32 heavy (non-hydrogen) atoms. The lowest BCUT2D eigenvalue weighted by atomic mass is 10.1. The lowest BCUT2D eigenvalue weighted by Gasteiger charge is -2.13. The summed E-state index contributed by atoms with van der Waals surface area (Å²) in [4.78, 5) is 38.6. The second kappa shape index (κ2) is 8.10. The van der Waals surface area contributed by atoms with Gasteiger partial charge in [-0.3, -0.25) is 14.2 Å². The largest absolute Gasteiger partial charge is 0.416 e. The molecule has 1 amide bonds. The molecule has 0 radical (unpaired) electrons. The van der Waals surface area contributed by atoms with Crippen molar-refractivity contribution < 1.29 is 18.0 Å². The van der Waals surface area contributed by atoms with Crippen molar-refractivity contribution in [1.82, 2.24) is 19.7 Å². The Morgan fingerprint density at radius 2 is 1.81 bits per heavy atom. The number of carbonyl (C=O) groups excluding carboxylic acids is 1. The van der Waals surface area contributed by atoms with Crippen molar-refractivity contribution in [1.29, 1.82) is 0 Å². The molecule has 2 aromatic carbocycles. The minimum Gasteiger partial charge on any atom is -0.348 e. The average Bonchev–Trinajstić information content (AvgIpc) is 3.55. The van der Waals surface area contributed by atoms with E-state index in [1.54, 1.807) is 24.3 Å². The number of halogens is 3. The van der Waals surface area contributed by atoms with E-state index >= 15 is 0 Å². The fourth-order valence-corrected chi connectivity index (χ4v) is 3.16. The molecule has 1 aliphatic carbocycles. The summed E-state index contributed by atoms with van der Waals surface area (Å²) in [6.07, 6.45) is -3.01. The van der Waals surface area contributed by atoms with Gasteiger partial charge in [-0.15, -0.1) is 0 Å². The summed E-state index contributed by atoms with van der Waals surface area (Å²) in [5.74, 6) is -0.726. The van der Waals surface area contributed by atoms with E-state index in [4.69, 9.17) is 0 Å². The quantitative estimate of drug-likeness (QED) is 0.656. The van der Waals surface area contributed by atoms with Crippen LogP contribution in [0.3, 0.4) is 0 Å². The minimum absolute atomic E-state index is 0.0552. The summed E-state index contributed by atoms with van der Waals surface area (Å²) in [5.41, 5.74) is -1.89. The summed E-state index contributed by atoms with van der Waals surface area (Å²) < 4.78 is 40.9. The number of aromatic nitrogens is 3. The van der Waals surface area contributed by atoms with Crippen molar-refractivity contribution in [3.63, 3.8) is 0 Å². The first-order valence-corrected chi connectivity index (χ1v) is 9.92. The van der Waals surface area contributed by atoms with E-state index in [0.717, 1.165) is 39.8 Å². The molecule has 10 heteroatoms. The van der Waals surface area contributed by atoms with E-state index in [1.165, 1.54) is 12.1 Å². The number of benzene rings is 2. The SMILES string of the molecule is Cc1ccc(-n2nc(C(=O)NC3CC3)c(=O)n(Cc3cccc(C(F)(F)F)c3)c2=O)cc1. The van der Waals surface area contributed by atoms with Crippen LogP contribution in [-0.4, -0.2) is 26.3 Å². The molecule has 1 aliphatic rings. The van der Waals surface area contributed by atoms with Gasteiger partial charge in [0.1, 0.15) is 0 Å². The molecule has 0 spiro atoms. The third-order valence-electron chi connectivity index (χ3n) is 5.06. The van der Waals surface area contributed by atoms with Gasteiger partial charge in [-0.25, -0.2) is 4.79 Å².